The average Bonchev–Trinajstić information content (AvgIpc) is 2.88. The van der Waals surface area contributed by atoms with Gasteiger partial charge in [-0.25, -0.2) is 19.7 Å². The van der Waals surface area contributed by atoms with E-state index in [1.807, 2.05) is 11.6 Å². The van der Waals surface area contributed by atoms with Crippen LogP contribution in [-0.4, -0.2) is 32.6 Å². The molecule has 0 unspecified atom stereocenters. The van der Waals surface area contributed by atoms with Crippen LogP contribution in [0.4, 0.5) is 0 Å². The summed E-state index contributed by atoms with van der Waals surface area (Å²) in [6, 6.07) is 3.49. The van der Waals surface area contributed by atoms with Crippen LogP contribution in [-0.2, 0) is 11.8 Å². The normalized spacial score (nSPS) is 10.7. The van der Waals surface area contributed by atoms with Gasteiger partial charge in [0, 0.05) is 30.6 Å². The van der Waals surface area contributed by atoms with E-state index in [9.17, 15) is 4.79 Å². The third-order valence-corrected chi connectivity index (χ3v) is 3.11. The standard InChI is InChI=1S/C14H12N4O2/c1-18-8-17-12-4-9(14(19)20-2)3-11(13(12)18)10-5-15-7-16-6-10/h3-8H,1-2H3. The lowest BCUT2D eigenvalue weighted by Gasteiger charge is -2.07. The molecule has 100 valence electrons. The molecule has 0 saturated carbocycles. The van der Waals surface area contributed by atoms with Crippen LogP contribution in [0.25, 0.3) is 22.2 Å². The summed E-state index contributed by atoms with van der Waals surface area (Å²) < 4.78 is 6.68. The molecule has 20 heavy (non-hydrogen) atoms. The van der Waals surface area contributed by atoms with Crippen molar-refractivity contribution >= 4 is 17.0 Å². The highest BCUT2D eigenvalue weighted by Crippen LogP contribution is 2.28. The minimum atomic E-state index is -0.393. The van der Waals surface area contributed by atoms with Crippen molar-refractivity contribution in [3.63, 3.8) is 0 Å². The van der Waals surface area contributed by atoms with Crippen LogP contribution in [0.2, 0.25) is 0 Å². The number of rotatable bonds is 2. The highest BCUT2D eigenvalue weighted by Gasteiger charge is 2.15. The number of carbonyl (C=O) groups is 1. The molecule has 0 amide bonds. The fraction of sp³-hybridized carbons (Fsp3) is 0.143. The number of esters is 1. The second kappa shape index (κ2) is 4.73. The second-order valence-electron chi connectivity index (χ2n) is 4.37. The molecule has 0 spiro atoms. The van der Waals surface area contributed by atoms with Crippen molar-refractivity contribution in [1.82, 2.24) is 19.5 Å². The number of ether oxygens (including phenoxy) is 1. The van der Waals surface area contributed by atoms with Gasteiger partial charge in [-0.15, -0.1) is 0 Å². The summed E-state index contributed by atoms with van der Waals surface area (Å²) in [5, 5.41) is 0. The first-order chi connectivity index (χ1) is 9.70. The van der Waals surface area contributed by atoms with Crippen LogP contribution in [0.1, 0.15) is 10.4 Å². The van der Waals surface area contributed by atoms with E-state index in [1.54, 1.807) is 30.9 Å². The predicted molar refractivity (Wildman–Crippen MR) is 73.1 cm³/mol. The molecule has 2 aromatic heterocycles. The maximum absolute atomic E-state index is 11.8. The number of hydrogen-bond donors (Lipinski definition) is 0. The van der Waals surface area contributed by atoms with Crippen molar-refractivity contribution < 1.29 is 9.53 Å². The van der Waals surface area contributed by atoms with Crippen LogP contribution in [0.5, 0.6) is 0 Å². The summed E-state index contributed by atoms with van der Waals surface area (Å²) in [4.78, 5) is 24.1. The third-order valence-electron chi connectivity index (χ3n) is 3.11. The van der Waals surface area contributed by atoms with Gasteiger partial charge in [0.15, 0.2) is 0 Å². The lowest BCUT2D eigenvalue weighted by Crippen LogP contribution is -2.02. The number of benzene rings is 1. The number of fused-ring (bicyclic) bond motifs is 1. The molecule has 1 aromatic carbocycles. The first kappa shape index (κ1) is 12.3. The van der Waals surface area contributed by atoms with Gasteiger partial charge in [0.1, 0.15) is 6.33 Å². The molecule has 2 heterocycles. The van der Waals surface area contributed by atoms with Gasteiger partial charge in [-0.3, -0.25) is 0 Å². The van der Waals surface area contributed by atoms with Crippen LogP contribution in [0.15, 0.2) is 37.2 Å². The molecule has 0 aliphatic heterocycles. The van der Waals surface area contributed by atoms with Crippen molar-refractivity contribution in [1.29, 1.82) is 0 Å². The molecular weight excluding hydrogens is 256 g/mol. The summed E-state index contributed by atoms with van der Waals surface area (Å²) in [5.74, 6) is -0.393. The molecule has 6 heteroatoms. The number of hydrogen-bond acceptors (Lipinski definition) is 5. The number of imidazole rings is 1. The van der Waals surface area contributed by atoms with E-state index in [2.05, 4.69) is 15.0 Å². The summed E-state index contributed by atoms with van der Waals surface area (Å²) in [6.45, 7) is 0. The van der Waals surface area contributed by atoms with Gasteiger partial charge < -0.3 is 9.30 Å². The Bertz CT molecular complexity index is 780. The lowest BCUT2D eigenvalue weighted by atomic mass is 10.0. The Hall–Kier alpha value is -2.76. The zero-order chi connectivity index (χ0) is 14.1. The summed E-state index contributed by atoms with van der Waals surface area (Å²) >= 11 is 0. The molecule has 0 aliphatic carbocycles. The number of methoxy groups -OCH3 is 1. The summed E-state index contributed by atoms with van der Waals surface area (Å²) in [7, 11) is 3.26. The van der Waals surface area contributed by atoms with E-state index in [1.165, 1.54) is 13.4 Å². The van der Waals surface area contributed by atoms with Gasteiger partial charge in [-0.1, -0.05) is 0 Å². The molecule has 6 nitrogen and oxygen atoms in total. The maximum atomic E-state index is 11.8. The lowest BCUT2D eigenvalue weighted by molar-refractivity contribution is 0.0601. The number of aromatic nitrogens is 4. The highest BCUT2D eigenvalue weighted by molar-refractivity contribution is 6.00. The van der Waals surface area contributed by atoms with Gasteiger partial charge in [0.25, 0.3) is 0 Å². The van der Waals surface area contributed by atoms with Crippen LogP contribution >= 0.6 is 0 Å². The van der Waals surface area contributed by atoms with Crippen molar-refractivity contribution in [2.75, 3.05) is 7.11 Å². The van der Waals surface area contributed by atoms with Crippen molar-refractivity contribution in [2.24, 2.45) is 7.05 Å². The molecular formula is C14H12N4O2. The quantitative estimate of drug-likeness (QED) is 0.663. The Labute approximate surface area is 115 Å². The molecule has 0 radical (unpaired) electrons. The zero-order valence-corrected chi connectivity index (χ0v) is 11.1. The van der Waals surface area contributed by atoms with Crippen molar-refractivity contribution in [3.8, 4) is 11.1 Å². The smallest absolute Gasteiger partial charge is 0.337 e. The van der Waals surface area contributed by atoms with E-state index in [4.69, 9.17) is 4.74 Å². The van der Waals surface area contributed by atoms with Crippen molar-refractivity contribution in [3.05, 3.63) is 42.7 Å². The Morgan fingerprint density at radius 3 is 2.70 bits per heavy atom. The fourth-order valence-electron chi connectivity index (χ4n) is 2.19. The van der Waals surface area contributed by atoms with Gasteiger partial charge in [-0.05, 0) is 12.1 Å². The van der Waals surface area contributed by atoms with E-state index >= 15 is 0 Å². The first-order valence-corrected chi connectivity index (χ1v) is 5.99. The van der Waals surface area contributed by atoms with Crippen LogP contribution in [0.3, 0.4) is 0 Å². The number of nitrogens with zero attached hydrogens (tertiary/aromatic N) is 4. The maximum Gasteiger partial charge on any atom is 0.337 e. The molecule has 0 fully saturated rings. The molecule has 3 aromatic rings. The van der Waals surface area contributed by atoms with Gasteiger partial charge in [0.2, 0.25) is 0 Å². The van der Waals surface area contributed by atoms with E-state index in [0.717, 1.165) is 22.2 Å². The highest BCUT2D eigenvalue weighted by atomic mass is 16.5. The van der Waals surface area contributed by atoms with Gasteiger partial charge >= 0.3 is 5.97 Å². The molecule has 0 saturated heterocycles. The van der Waals surface area contributed by atoms with Gasteiger partial charge in [-0.2, -0.15) is 0 Å². The second-order valence-corrected chi connectivity index (χ2v) is 4.37. The molecule has 0 N–H and O–H groups in total. The molecule has 0 bridgehead atoms. The largest absolute Gasteiger partial charge is 0.465 e. The summed E-state index contributed by atoms with van der Waals surface area (Å²) in [5.41, 5.74) is 3.79. The Morgan fingerprint density at radius 1 is 1.25 bits per heavy atom. The first-order valence-electron chi connectivity index (χ1n) is 5.99. The predicted octanol–water partition coefficient (Wildman–Crippen LogP) is 1.82. The van der Waals surface area contributed by atoms with E-state index in [-0.39, 0.29) is 0 Å². The Morgan fingerprint density at radius 2 is 2.00 bits per heavy atom. The summed E-state index contributed by atoms with van der Waals surface area (Å²) in [6.07, 6.45) is 6.58. The minimum absolute atomic E-state index is 0.393. The third kappa shape index (κ3) is 1.91. The Kier molecular flexibility index (Phi) is 2.90. The van der Waals surface area contributed by atoms with Crippen LogP contribution < -0.4 is 0 Å². The minimum Gasteiger partial charge on any atom is -0.465 e. The number of carbonyl (C=O) groups excluding carboxylic acids is 1. The zero-order valence-electron chi connectivity index (χ0n) is 11.1. The number of aryl methyl sites for hydroxylation is 1. The average molecular weight is 268 g/mol. The molecule has 3 rings (SSSR count). The van der Waals surface area contributed by atoms with Gasteiger partial charge in [0.05, 0.1) is 30.0 Å². The SMILES string of the molecule is COC(=O)c1cc(-c2cncnc2)c2c(c1)ncn2C. The van der Waals surface area contributed by atoms with Crippen LogP contribution in [0, 0.1) is 0 Å². The molecule has 0 aliphatic rings. The Balaban J connectivity index is 2.33. The van der Waals surface area contributed by atoms with Crippen molar-refractivity contribution in [2.45, 2.75) is 0 Å². The topological polar surface area (TPSA) is 69.9 Å². The van der Waals surface area contributed by atoms with E-state index in [0.29, 0.717) is 5.56 Å². The fourth-order valence-corrected chi connectivity index (χ4v) is 2.19. The molecule has 0 atom stereocenters. The van der Waals surface area contributed by atoms with E-state index < -0.39 is 5.97 Å². The monoisotopic (exact) mass is 268 g/mol.